The highest BCUT2D eigenvalue weighted by Crippen LogP contribution is 2.20. The molecule has 116 valence electrons. The lowest BCUT2D eigenvalue weighted by molar-refractivity contribution is -0.485. The second-order valence-corrected chi connectivity index (χ2v) is 5.39. The molecule has 0 saturated heterocycles. The molecule has 0 saturated carbocycles. The van der Waals surface area contributed by atoms with E-state index in [4.69, 9.17) is 13.0 Å². The maximum Gasteiger partial charge on any atom is 0.485 e. The number of alkyl halides is 3. The summed E-state index contributed by atoms with van der Waals surface area (Å²) in [4.78, 5) is 0. The number of para-hydroxylation sites is 1. The lowest BCUT2D eigenvalue weighted by Gasteiger charge is -2.08. The van der Waals surface area contributed by atoms with Crippen molar-refractivity contribution < 1.29 is 30.5 Å². The van der Waals surface area contributed by atoms with E-state index in [-0.39, 0.29) is 0 Å². The second kappa shape index (κ2) is 5.81. The van der Waals surface area contributed by atoms with Crippen LogP contribution in [0.1, 0.15) is 0 Å². The standard InChI is InChI=1S/C11H8N3.CHF3O3S/c1-2-6-10-9(5-1)12-13-11-7-3-4-8-14(10)11;2-1(3,4)8(5,6)7/h1-8H;(H,5,6,7)/q+1;/p-1. The molecule has 3 rings (SSSR count). The van der Waals surface area contributed by atoms with Crippen LogP contribution in [0, 0.1) is 0 Å². The summed E-state index contributed by atoms with van der Waals surface area (Å²) in [6.45, 7) is 0. The summed E-state index contributed by atoms with van der Waals surface area (Å²) < 4.78 is 60.9. The molecule has 0 N–H and O–H groups in total. The van der Waals surface area contributed by atoms with Crippen LogP contribution in [0.25, 0.3) is 16.7 Å². The van der Waals surface area contributed by atoms with Crippen LogP contribution < -0.4 is 4.40 Å². The van der Waals surface area contributed by atoms with Gasteiger partial charge < -0.3 is 4.55 Å². The molecule has 0 bridgehead atoms. The van der Waals surface area contributed by atoms with Gasteiger partial charge in [0.05, 0.1) is 11.3 Å². The van der Waals surface area contributed by atoms with Crippen molar-refractivity contribution in [2.75, 3.05) is 0 Å². The number of benzene rings is 1. The SMILES string of the molecule is O=S(=O)([O-])C(F)(F)F.c1ccc2c(c1)nnc1cccc[n+]12. The van der Waals surface area contributed by atoms with Crippen molar-refractivity contribution in [1.29, 1.82) is 0 Å². The van der Waals surface area contributed by atoms with Gasteiger partial charge in [0.1, 0.15) is 0 Å². The highest BCUT2D eigenvalue weighted by molar-refractivity contribution is 7.86. The molecule has 2 aromatic heterocycles. The molecule has 0 aliphatic heterocycles. The van der Waals surface area contributed by atoms with Crippen LogP contribution in [0.15, 0.2) is 48.7 Å². The third-order valence-electron chi connectivity index (χ3n) is 2.52. The third-order valence-corrected chi connectivity index (χ3v) is 3.09. The number of pyridine rings is 1. The van der Waals surface area contributed by atoms with Gasteiger partial charge in [-0.05, 0) is 23.3 Å². The van der Waals surface area contributed by atoms with E-state index in [1.165, 1.54) is 0 Å². The Hall–Kier alpha value is -2.33. The Bertz CT molecular complexity index is 859. The van der Waals surface area contributed by atoms with Crippen LogP contribution >= 0.6 is 0 Å². The molecule has 0 amide bonds. The van der Waals surface area contributed by atoms with Crippen LogP contribution in [0.3, 0.4) is 0 Å². The Morgan fingerprint density at radius 1 is 1.00 bits per heavy atom. The van der Waals surface area contributed by atoms with Gasteiger partial charge in [0.2, 0.25) is 0 Å². The van der Waals surface area contributed by atoms with Crippen LogP contribution in [0.2, 0.25) is 0 Å². The van der Waals surface area contributed by atoms with Crippen molar-refractivity contribution >= 4 is 26.8 Å². The van der Waals surface area contributed by atoms with E-state index in [1.807, 2.05) is 53.1 Å². The van der Waals surface area contributed by atoms with Crippen molar-refractivity contribution in [2.45, 2.75) is 5.51 Å². The van der Waals surface area contributed by atoms with Gasteiger partial charge in [0, 0.05) is 6.07 Å². The average molecular weight is 331 g/mol. The first kappa shape index (κ1) is 16.0. The summed E-state index contributed by atoms with van der Waals surface area (Å²) in [6.07, 6.45) is 1.99. The molecular formula is C12H8F3N3O3S. The average Bonchev–Trinajstić information content (AvgIpc) is 2.46. The predicted octanol–water partition coefficient (Wildman–Crippen LogP) is 1.42. The molecule has 0 atom stereocenters. The minimum atomic E-state index is -6.09. The van der Waals surface area contributed by atoms with Gasteiger partial charge in [-0.15, -0.1) is 0 Å². The van der Waals surface area contributed by atoms with Crippen molar-refractivity contribution in [3.8, 4) is 0 Å². The first-order chi connectivity index (χ1) is 10.2. The molecule has 1 aromatic carbocycles. The molecule has 0 fully saturated rings. The van der Waals surface area contributed by atoms with Crippen LogP contribution in [-0.2, 0) is 10.1 Å². The number of halogens is 3. The molecule has 2 heterocycles. The van der Waals surface area contributed by atoms with Crippen LogP contribution in [0.4, 0.5) is 13.2 Å². The summed E-state index contributed by atoms with van der Waals surface area (Å²) in [6, 6.07) is 13.9. The van der Waals surface area contributed by atoms with Gasteiger partial charge in [0.15, 0.2) is 21.2 Å². The zero-order valence-corrected chi connectivity index (χ0v) is 11.5. The summed E-state index contributed by atoms with van der Waals surface area (Å²) in [5.41, 5.74) is -2.78. The smallest absolute Gasteiger partial charge is 0.485 e. The second-order valence-electron chi connectivity index (χ2n) is 4.02. The van der Waals surface area contributed by atoms with Gasteiger partial charge in [-0.25, -0.2) is 8.42 Å². The number of rotatable bonds is 0. The zero-order chi connectivity index (χ0) is 16.4. The Morgan fingerprint density at radius 2 is 1.59 bits per heavy atom. The Balaban J connectivity index is 0.000000192. The summed E-state index contributed by atoms with van der Waals surface area (Å²) in [5, 5.41) is 8.26. The first-order valence-corrected chi connectivity index (χ1v) is 7.15. The molecule has 0 spiro atoms. The minimum absolute atomic E-state index is 0.867. The van der Waals surface area contributed by atoms with Gasteiger partial charge in [-0.3, -0.25) is 0 Å². The van der Waals surface area contributed by atoms with Crippen molar-refractivity contribution in [1.82, 2.24) is 10.2 Å². The van der Waals surface area contributed by atoms with Gasteiger partial charge >= 0.3 is 11.2 Å². The molecule has 6 nitrogen and oxygen atoms in total. The van der Waals surface area contributed by atoms with Crippen molar-refractivity contribution in [3.05, 3.63) is 48.7 Å². The Kier molecular flexibility index (Phi) is 4.24. The third kappa shape index (κ3) is 3.46. The lowest BCUT2D eigenvalue weighted by atomic mass is 10.3. The fourth-order valence-electron chi connectivity index (χ4n) is 1.58. The summed E-state index contributed by atoms with van der Waals surface area (Å²) in [5.74, 6) is 0. The van der Waals surface area contributed by atoms with Gasteiger partial charge in [-0.2, -0.15) is 17.6 Å². The van der Waals surface area contributed by atoms with Gasteiger partial charge in [0.25, 0.3) is 0 Å². The highest BCUT2D eigenvalue weighted by Gasteiger charge is 2.36. The topological polar surface area (TPSA) is 87.1 Å². The van der Waals surface area contributed by atoms with E-state index in [0.29, 0.717) is 0 Å². The van der Waals surface area contributed by atoms with Crippen molar-refractivity contribution in [2.24, 2.45) is 0 Å². The maximum absolute atomic E-state index is 10.7. The molecule has 0 aliphatic carbocycles. The number of nitrogens with zero attached hydrogens (tertiary/aromatic N) is 3. The monoisotopic (exact) mass is 331 g/mol. The Labute approximate surface area is 122 Å². The van der Waals surface area contributed by atoms with E-state index in [1.54, 1.807) is 0 Å². The Morgan fingerprint density at radius 3 is 2.23 bits per heavy atom. The first-order valence-electron chi connectivity index (χ1n) is 5.74. The number of fused-ring (bicyclic) bond motifs is 3. The largest absolute Gasteiger partial charge is 0.741 e. The van der Waals surface area contributed by atoms with Crippen LogP contribution in [-0.4, -0.2) is 28.7 Å². The van der Waals surface area contributed by atoms with E-state index >= 15 is 0 Å². The molecular weight excluding hydrogens is 323 g/mol. The molecule has 0 radical (unpaired) electrons. The van der Waals surface area contributed by atoms with Crippen molar-refractivity contribution in [3.63, 3.8) is 0 Å². The number of hydrogen-bond acceptors (Lipinski definition) is 5. The number of aromatic nitrogens is 3. The van der Waals surface area contributed by atoms with Gasteiger partial charge in [-0.1, -0.05) is 18.2 Å². The summed E-state index contributed by atoms with van der Waals surface area (Å²) >= 11 is 0. The molecule has 3 aromatic rings. The molecule has 0 aliphatic rings. The summed E-state index contributed by atoms with van der Waals surface area (Å²) in [7, 11) is -6.09. The fourth-order valence-corrected chi connectivity index (χ4v) is 1.58. The van der Waals surface area contributed by atoms with E-state index in [2.05, 4.69) is 10.2 Å². The maximum atomic E-state index is 10.7. The van der Waals surface area contributed by atoms with E-state index in [9.17, 15) is 13.2 Å². The van der Waals surface area contributed by atoms with E-state index in [0.717, 1.165) is 16.7 Å². The van der Waals surface area contributed by atoms with Crippen LogP contribution in [0.5, 0.6) is 0 Å². The molecule has 0 unspecified atom stereocenters. The predicted molar refractivity (Wildman–Crippen MR) is 68.5 cm³/mol. The lowest BCUT2D eigenvalue weighted by Crippen LogP contribution is -2.24. The number of hydrogen-bond donors (Lipinski definition) is 0. The highest BCUT2D eigenvalue weighted by atomic mass is 32.2. The van der Waals surface area contributed by atoms with E-state index < -0.39 is 15.6 Å². The molecule has 10 heteroatoms. The zero-order valence-electron chi connectivity index (χ0n) is 10.7. The quantitative estimate of drug-likeness (QED) is 0.269. The fraction of sp³-hybridized carbons (Fsp3) is 0.0833. The molecule has 22 heavy (non-hydrogen) atoms. The normalized spacial score (nSPS) is 12.0. The minimum Gasteiger partial charge on any atom is -0.741 e.